The lowest BCUT2D eigenvalue weighted by molar-refractivity contribution is 0.0966. The predicted octanol–water partition coefficient (Wildman–Crippen LogP) is 9.33. The summed E-state index contributed by atoms with van der Waals surface area (Å²) in [5.74, 6) is -2.36. The van der Waals surface area contributed by atoms with E-state index < -0.39 is 22.9 Å². The molecule has 3 aromatic carbocycles. The van der Waals surface area contributed by atoms with Crippen molar-refractivity contribution in [3.8, 4) is 22.5 Å². The molecule has 0 unspecified atom stereocenters. The van der Waals surface area contributed by atoms with Gasteiger partial charge in [-0.15, -0.1) is 0 Å². The molecule has 1 fully saturated rings. The Morgan fingerprint density at radius 1 is 0.889 bits per heavy atom. The van der Waals surface area contributed by atoms with Gasteiger partial charge in [-0.05, 0) is 104 Å². The largest absolute Gasteiger partial charge is 0.455 e. The number of aromatic nitrogens is 2. The van der Waals surface area contributed by atoms with Gasteiger partial charge in [0.2, 0.25) is 0 Å². The van der Waals surface area contributed by atoms with Gasteiger partial charge >= 0.3 is 0 Å². The standard InChI is InChI=1S/C37H27F3N2O3/c1-3-29(43)33-34-31(45-36(33)21-6-8-23(38)9-7-21)12-10-24(35(34)40)25-17-22(18-26(39)20(25)2)30(44)19-37(14-15-37)32-13-11-27-28(42-32)5-4-16-41-27/h4-13,16-18H,3,14-15,19H2,1-2H3. The number of carbonyl (C=O) groups excluding carboxylic acids is 2. The van der Waals surface area contributed by atoms with E-state index in [1.54, 1.807) is 13.1 Å². The Bertz CT molecular complexity index is 2160. The maximum Gasteiger partial charge on any atom is 0.167 e. The number of carbonyl (C=O) groups is 2. The summed E-state index contributed by atoms with van der Waals surface area (Å²) in [5.41, 5.74) is 2.99. The Balaban J connectivity index is 1.29. The fourth-order valence-corrected chi connectivity index (χ4v) is 6.06. The van der Waals surface area contributed by atoms with Crippen LogP contribution in [0.3, 0.4) is 0 Å². The molecule has 8 heteroatoms. The number of furan rings is 1. The average molecular weight is 605 g/mol. The fraction of sp³-hybridized carbons (Fsp3) is 0.189. The van der Waals surface area contributed by atoms with Crippen molar-refractivity contribution in [1.82, 2.24) is 9.97 Å². The topological polar surface area (TPSA) is 73.1 Å². The first-order valence-corrected chi connectivity index (χ1v) is 14.8. The molecule has 5 nitrogen and oxygen atoms in total. The number of ketones is 2. The van der Waals surface area contributed by atoms with Gasteiger partial charge in [-0.25, -0.2) is 13.2 Å². The molecule has 1 aliphatic carbocycles. The van der Waals surface area contributed by atoms with Crippen molar-refractivity contribution in [3.05, 3.63) is 119 Å². The van der Waals surface area contributed by atoms with Crippen molar-refractivity contribution >= 4 is 33.6 Å². The molecule has 45 heavy (non-hydrogen) atoms. The smallest absolute Gasteiger partial charge is 0.167 e. The van der Waals surface area contributed by atoms with E-state index in [-0.39, 0.29) is 69.0 Å². The van der Waals surface area contributed by atoms with Crippen LogP contribution in [0.25, 0.3) is 44.5 Å². The molecule has 0 spiro atoms. The van der Waals surface area contributed by atoms with Crippen LogP contribution < -0.4 is 0 Å². The van der Waals surface area contributed by atoms with Crippen LogP contribution in [0, 0.1) is 24.4 Å². The van der Waals surface area contributed by atoms with E-state index in [0.29, 0.717) is 5.56 Å². The lowest BCUT2D eigenvalue weighted by atomic mass is 9.89. The van der Waals surface area contributed by atoms with E-state index in [9.17, 15) is 14.0 Å². The molecular weight excluding hydrogens is 577 g/mol. The molecule has 0 N–H and O–H groups in total. The van der Waals surface area contributed by atoms with Crippen molar-refractivity contribution in [2.75, 3.05) is 0 Å². The zero-order valence-corrected chi connectivity index (χ0v) is 24.6. The Hall–Kier alpha value is -5.11. The molecule has 3 aromatic heterocycles. The van der Waals surface area contributed by atoms with Crippen molar-refractivity contribution in [1.29, 1.82) is 0 Å². The molecule has 0 bridgehead atoms. The van der Waals surface area contributed by atoms with Crippen molar-refractivity contribution in [3.63, 3.8) is 0 Å². The molecule has 0 atom stereocenters. The highest BCUT2D eigenvalue weighted by molar-refractivity contribution is 6.13. The molecule has 0 aliphatic heterocycles. The minimum absolute atomic E-state index is 0.0370. The number of hydrogen-bond donors (Lipinski definition) is 0. The van der Waals surface area contributed by atoms with Crippen LogP contribution in [-0.2, 0) is 5.41 Å². The van der Waals surface area contributed by atoms with Gasteiger partial charge in [-0.3, -0.25) is 19.6 Å². The fourth-order valence-electron chi connectivity index (χ4n) is 6.06. The lowest BCUT2D eigenvalue weighted by Gasteiger charge is -2.16. The van der Waals surface area contributed by atoms with E-state index in [4.69, 9.17) is 9.40 Å². The molecular formula is C37H27F3N2O3. The molecule has 3 heterocycles. The molecule has 0 amide bonds. The van der Waals surface area contributed by atoms with Crippen LogP contribution in [0.4, 0.5) is 13.2 Å². The second-order valence-corrected chi connectivity index (χ2v) is 11.6. The van der Waals surface area contributed by atoms with Crippen molar-refractivity contribution < 1.29 is 27.2 Å². The number of fused-ring (bicyclic) bond motifs is 2. The predicted molar refractivity (Wildman–Crippen MR) is 166 cm³/mol. The second kappa shape index (κ2) is 10.8. The highest BCUT2D eigenvalue weighted by atomic mass is 19.1. The Kier molecular flexibility index (Phi) is 6.88. The maximum atomic E-state index is 16.5. The van der Waals surface area contributed by atoms with Crippen LogP contribution in [-0.4, -0.2) is 21.5 Å². The first kappa shape index (κ1) is 28.6. The van der Waals surface area contributed by atoms with Gasteiger partial charge in [0.25, 0.3) is 0 Å². The number of benzene rings is 3. The third kappa shape index (κ3) is 4.90. The molecule has 6 aromatic rings. The number of nitrogens with zero attached hydrogens (tertiary/aromatic N) is 2. The third-order valence-corrected chi connectivity index (χ3v) is 8.81. The lowest BCUT2D eigenvalue weighted by Crippen LogP contribution is -2.16. The maximum absolute atomic E-state index is 16.5. The summed E-state index contributed by atoms with van der Waals surface area (Å²) in [5, 5.41) is -0.0379. The minimum atomic E-state index is -0.763. The second-order valence-electron chi connectivity index (χ2n) is 11.6. The van der Waals surface area contributed by atoms with E-state index in [1.807, 2.05) is 24.3 Å². The summed E-state index contributed by atoms with van der Waals surface area (Å²) in [6.45, 7) is 3.18. The van der Waals surface area contributed by atoms with Crippen molar-refractivity contribution in [2.24, 2.45) is 0 Å². The number of Topliss-reactive ketones (excluding diaryl/α,β-unsaturated/α-hetero) is 2. The molecule has 0 radical (unpaired) electrons. The van der Waals surface area contributed by atoms with E-state index in [1.165, 1.54) is 55.5 Å². The van der Waals surface area contributed by atoms with Crippen LogP contribution in [0.5, 0.6) is 0 Å². The molecule has 7 rings (SSSR count). The summed E-state index contributed by atoms with van der Waals surface area (Å²) in [6.07, 6.45) is 3.45. The van der Waals surface area contributed by atoms with Gasteiger partial charge in [-0.1, -0.05) is 6.92 Å². The summed E-state index contributed by atoms with van der Waals surface area (Å²) in [6, 6.07) is 18.6. The first-order chi connectivity index (χ1) is 21.7. The molecule has 1 aliphatic rings. The van der Waals surface area contributed by atoms with E-state index in [0.717, 1.165) is 29.6 Å². The Labute approximate surface area is 256 Å². The summed E-state index contributed by atoms with van der Waals surface area (Å²) >= 11 is 0. The van der Waals surface area contributed by atoms with Gasteiger partial charge < -0.3 is 4.42 Å². The highest BCUT2D eigenvalue weighted by Crippen LogP contribution is 2.51. The highest BCUT2D eigenvalue weighted by Gasteiger charge is 2.47. The van der Waals surface area contributed by atoms with Crippen LogP contribution in [0.15, 0.2) is 83.4 Å². The number of pyridine rings is 2. The van der Waals surface area contributed by atoms with Crippen LogP contribution in [0.1, 0.15) is 64.6 Å². The van der Waals surface area contributed by atoms with Gasteiger partial charge in [-0.2, -0.15) is 0 Å². The quantitative estimate of drug-likeness (QED) is 0.162. The van der Waals surface area contributed by atoms with Gasteiger partial charge in [0.15, 0.2) is 11.6 Å². The van der Waals surface area contributed by atoms with E-state index >= 15 is 8.78 Å². The molecule has 0 saturated heterocycles. The zero-order chi connectivity index (χ0) is 31.5. The monoisotopic (exact) mass is 604 g/mol. The van der Waals surface area contributed by atoms with E-state index in [2.05, 4.69) is 4.98 Å². The summed E-state index contributed by atoms with van der Waals surface area (Å²) < 4.78 is 51.4. The van der Waals surface area contributed by atoms with Gasteiger partial charge in [0.05, 0.1) is 22.0 Å². The average Bonchev–Trinajstić information content (AvgIpc) is 3.72. The summed E-state index contributed by atoms with van der Waals surface area (Å²) in [4.78, 5) is 35.9. The number of rotatable bonds is 8. The van der Waals surface area contributed by atoms with Crippen LogP contribution >= 0.6 is 0 Å². The Morgan fingerprint density at radius 3 is 2.40 bits per heavy atom. The van der Waals surface area contributed by atoms with Gasteiger partial charge in [0.1, 0.15) is 28.8 Å². The molecule has 224 valence electrons. The number of hydrogen-bond acceptors (Lipinski definition) is 5. The SMILES string of the molecule is CCC(=O)c1c(-c2ccc(F)cc2)oc2ccc(-c3cc(C(=O)CC4(c5ccc6ncccc6n5)CC4)cc(F)c3C)c(F)c12. The Morgan fingerprint density at radius 2 is 1.67 bits per heavy atom. The third-order valence-electron chi connectivity index (χ3n) is 8.81. The van der Waals surface area contributed by atoms with Gasteiger partial charge in [0, 0.05) is 46.8 Å². The molecule has 1 saturated carbocycles. The normalized spacial score (nSPS) is 13.8. The zero-order valence-electron chi connectivity index (χ0n) is 24.6. The van der Waals surface area contributed by atoms with Crippen molar-refractivity contribution in [2.45, 2.75) is 44.9 Å². The first-order valence-electron chi connectivity index (χ1n) is 14.8. The minimum Gasteiger partial charge on any atom is -0.455 e. The summed E-state index contributed by atoms with van der Waals surface area (Å²) in [7, 11) is 0. The van der Waals surface area contributed by atoms with Crippen LogP contribution in [0.2, 0.25) is 0 Å². The number of halogens is 3.